The number of fused-ring (bicyclic) bond motifs is 1. The molecule has 1 aliphatic carbocycles. The molecule has 1 saturated carbocycles. The van der Waals surface area contributed by atoms with Gasteiger partial charge < -0.3 is 4.74 Å². The van der Waals surface area contributed by atoms with Crippen molar-refractivity contribution in [1.29, 1.82) is 0 Å². The molecule has 1 unspecified atom stereocenters. The SMILES string of the molecule is CC(C)[C@@H]1C[C@@]2(CN3CCOCC3)CC2N1C(C)(C)C. The monoisotopic (exact) mass is 280 g/mol. The summed E-state index contributed by atoms with van der Waals surface area (Å²) in [5, 5.41) is 0. The molecule has 20 heavy (non-hydrogen) atoms. The zero-order chi connectivity index (χ0) is 14.5. The highest BCUT2D eigenvalue weighted by Gasteiger charge is 2.66. The molecule has 3 atom stereocenters. The fourth-order valence-corrected chi connectivity index (χ4v) is 4.65. The van der Waals surface area contributed by atoms with Crippen molar-refractivity contribution in [2.24, 2.45) is 11.3 Å². The van der Waals surface area contributed by atoms with Gasteiger partial charge >= 0.3 is 0 Å². The predicted octanol–water partition coefficient (Wildman–Crippen LogP) is 2.61. The lowest BCUT2D eigenvalue weighted by atomic mass is 9.91. The molecule has 2 heterocycles. The molecule has 0 aromatic heterocycles. The third-order valence-electron chi connectivity index (χ3n) is 5.64. The van der Waals surface area contributed by atoms with Crippen LogP contribution in [0.15, 0.2) is 0 Å². The number of piperidine rings is 1. The minimum Gasteiger partial charge on any atom is -0.379 e. The van der Waals surface area contributed by atoms with Gasteiger partial charge in [0.1, 0.15) is 0 Å². The van der Waals surface area contributed by atoms with Gasteiger partial charge in [-0.3, -0.25) is 9.80 Å². The average molecular weight is 280 g/mol. The van der Waals surface area contributed by atoms with Crippen LogP contribution in [0.2, 0.25) is 0 Å². The molecule has 0 N–H and O–H groups in total. The Labute approximate surface area is 124 Å². The Balaban J connectivity index is 1.71. The van der Waals surface area contributed by atoms with E-state index in [2.05, 4.69) is 44.4 Å². The van der Waals surface area contributed by atoms with Crippen LogP contribution in [0.25, 0.3) is 0 Å². The van der Waals surface area contributed by atoms with Gasteiger partial charge in [-0.25, -0.2) is 0 Å². The van der Waals surface area contributed by atoms with Crippen molar-refractivity contribution in [2.75, 3.05) is 32.8 Å². The highest BCUT2D eigenvalue weighted by atomic mass is 16.5. The summed E-state index contributed by atoms with van der Waals surface area (Å²) < 4.78 is 5.49. The Bertz CT molecular complexity index is 356. The van der Waals surface area contributed by atoms with E-state index in [1.165, 1.54) is 19.4 Å². The van der Waals surface area contributed by atoms with Gasteiger partial charge in [0.2, 0.25) is 0 Å². The maximum absolute atomic E-state index is 5.49. The summed E-state index contributed by atoms with van der Waals surface area (Å²) in [6.45, 7) is 17.4. The van der Waals surface area contributed by atoms with Gasteiger partial charge in [-0.15, -0.1) is 0 Å². The molecule has 3 nitrogen and oxygen atoms in total. The number of nitrogens with zero attached hydrogens (tertiary/aromatic N) is 2. The fraction of sp³-hybridized carbons (Fsp3) is 1.00. The molecule has 0 bridgehead atoms. The first-order chi connectivity index (χ1) is 9.33. The maximum Gasteiger partial charge on any atom is 0.0594 e. The Morgan fingerprint density at radius 2 is 1.80 bits per heavy atom. The van der Waals surface area contributed by atoms with E-state index in [0.29, 0.717) is 11.0 Å². The molecule has 2 saturated heterocycles. The van der Waals surface area contributed by atoms with Gasteiger partial charge in [0.25, 0.3) is 0 Å². The van der Waals surface area contributed by atoms with Gasteiger partial charge in [0.05, 0.1) is 13.2 Å². The van der Waals surface area contributed by atoms with E-state index in [4.69, 9.17) is 4.74 Å². The summed E-state index contributed by atoms with van der Waals surface area (Å²) in [7, 11) is 0. The van der Waals surface area contributed by atoms with E-state index in [-0.39, 0.29) is 0 Å². The van der Waals surface area contributed by atoms with Crippen LogP contribution in [0, 0.1) is 11.3 Å². The van der Waals surface area contributed by atoms with Crippen molar-refractivity contribution in [3.63, 3.8) is 0 Å². The number of hydrogen-bond donors (Lipinski definition) is 0. The first-order valence-corrected chi connectivity index (χ1v) is 8.42. The van der Waals surface area contributed by atoms with Gasteiger partial charge in [0, 0.05) is 42.7 Å². The molecule has 0 aromatic carbocycles. The van der Waals surface area contributed by atoms with E-state index < -0.39 is 0 Å². The van der Waals surface area contributed by atoms with Crippen molar-refractivity contribution in [1.82, 2.24) is 9.80 Å². The Kier molecular flexibility index (Phi) is 3.67. The van der Waals surface area contributed by atoms with Crippen molar-refractivity contribution in [2.45, 2.75) is 65.1 Å². The summed E-state index contributed by atoms with van der Waals surface area (Å²) >= 11 is 0. The largest absolute Gasteiger partial charge is 0.379 e. The molecule has 3 aliphatic rings. The third-order valence-corrected chi connectivity index (χ3v) is 5.64. The Morgan fingerprint density at radius 1 is 1.15 bits per heavy atom. The lowest BCUT2D eigenvalue weighted by Gasteiger charge is -2.41. The second kappa shape index (κ2) is 4.96. The van der Waals surface area contributed by atoms with Crippen LogP contribution in [0.3, 0.4) is 0 Å². The number of hydrogen-bond acceptors (Lipinski definition) is 3. The van der Waals surface area contributed by atoms with Gasteiger partial charge in [-0.1, -0.05) is 13.8 Å². The quantitative estimate of drug-likeness (QED) is 0.790. The number of ether oxygens (including phenoxy) is 1. The third kappa shape index (κ3) is 2.53. The van der Waals surface area contributed by atoms with Crippen LogP contribution < -0.4 is 0 Å². The Hall–Kier alpha value is -0.120. The molecule has 0 amide bonds. The molecule has 3 rings (SSSR count). The second-order valence-electron chi connectivity index (χ2n) is 8.56. The molecule has 3 fully saturated rings. The fourth-order valence-electron chi connectivity index (χ4n) is 4.65. The summed E-state index contributed by atoms with van der Waals surface area (Å²) in [5.41, 5.74) is 0.905. The number of likely N-dealkylation sites (tertiary alicyclic amines) is 1. The van der Waals surface area contributed by atoms with Crippen LogP contribution >= 0.6 is 0 Å². The topological polar surface area (TPSA) is 15.7 Å². The smallest absolute Gasteiger partial charge is 0.0594 e. The van der Waals surface area contributed by atoms with Crippen molar-refractivity contribution < 1.29 is 4.74 Å². The predicted molar refractivity (Wildman–Crippen MR) is 82.9 cm³/mol. The van der Waals surface area contributed by atoms with Crippen molar-refractivity contribution >= 4 is 0 Å². The summed E-state index contributed by atoms with van der Waals surface area (Å²) in [6.07, 6.45) is 2.83. The van der Waals surface area contributed by atoms with Crippen molar-refractivity contribution in [3.8, 4) is 0 Å². The Morgan fingerprint density at radius 3 is 2.30 bits per heavy atom. The molecule has 2 aliphatic heterocycles. The summed E-state index contributed by atoms with van der Waals surface area (Å²) in [4.78, 5) is 5.49. The van der Waals surface area contributed by atoms with Crippen LogP contribution in [0.4, 0.5) is 0 Å². The first-order valence-electron chi connectivity index (χ1n) is 8.42. The van der Waals surface area contributed by atoms with E-state index in [9.17, 15) is 0 Å². The molecule has 3 heteroatoms. The number of rotatable bonds is 3. The highest BCUT2D eigenvalue weighted by Crippen LogP contribution is 2.62. The molecule has 0 spiro atoms. The normalized spacial score (nSPS) is 39.3. The highest BCUT2D eigenvalue weighted by molar-refractivity contribution is 5.20. The van der Waals surface area contributed by atoms with E-state index in [1.54, 1.807) is 0 Å². The van der Waals surface area contributed by atoms with E-state index in [0.717, 1.165) is 44.3 Å². The standard InChI is InChI=1S/C17H32N2O/c1-13(2)14-10-17(12-18-6-8-20-9-7-18)11-15(17)19(14)16(3,4)5/h13-15H,6-12H2,1-5H3/t14-,15?,17-/m0/s1. The van der Waals surface area contributed by atoms with Crippen LogP contribution in [0.5, 0.6) is 0 Å². The van der Waals surface area contributed by atoms with Crippen LogP contribution in [-0.4, -0.2) is 60.3 Å². The van der Waals surface area contributed by atoms with E-state index >= 15 is 0 Å². The zero-order valence-corrected chi connectivity index (χ0v) is 14.0. The van der Waals surface area contributed by atoms with Crippen molar-refractivity contribution in [3.05, 3.63) is 0 Å². The molecule has 0 radical (unpaired) electrons. The molecular weight excluding hydrogens is 248 g/mol. The van der Waals surface area contributed by atoms with Crippen LogP contribution in [-0.2, 0) is 4.74 Å². The maximum atomic E-state index is 5.49. The first kappa shape index (κ1) is 14.8. The average Bonchev–Trinajstić information content (AvgIpc) is 2.92. The number of morpholine rings is 1. The van der Waals surface area contributed by atoms with Gasteiger partial charge in [-0.05, 0) is 39.5 Å². The molecule has 0 aromatic rings. The summed E-state index contributed by atoms with van der Waals surface area (Å²) in [5.74, 6) is 0.767. The van der Waals surface area contributed by atoms with E-state index in [1.807, 2.05) is 0 Å². The molecule has 116 valence electrons. The lowest BCUT2D eigenvalue weighted by Crippen LogP contribution is -2.48. The summed E-state index contributed by atoms with van der Waals surface area (Å²) in [6, 6.07) is 1.60. The van der Waals surface area contributed by atoms with Gasteiger partial charge in [0.15, 0.2) is 0 Å². The lowest BCUT2D eigenvalue weighted by molar-refractivity contribution is 0.0279. The van der Waals surface area contributed by atoms with Crippen LogP contribution in [0.1, 0.15) is 47.5 Å². The minimum atomic E-state index is 0.308. The zero-order valence-electron chi connectivity index (χ0n) is 14.0. The minimum absolute atomic E-state index is 0.308. The molecular formula is C17H32N2O. The van der Waals surface area contributed by atoms with Gasteiger partial charge in [-0.2, -0.15) is 0 Å². The second-order valence-corrected chi connectivity index (χ2v) is 8.56.